The Hall–Kier alpha value is -1.51. The van der Waals surface area contributed by atoms with Crippen molar-refractivity contribution in [2.75, 3.05) is 6.61 Å². The molecule has 0 amide bonds. The molecule has 1 rings (SSSR count). The summed E-state index contributed by atoms with van der Waals surface area (Å²) in [6.45, 7) is 7.83. The minimum absolute atomic E-state index is 0.223. The Morgan fingerprint density at radius 3 is 2.59 bits per heavy atom. The Balaban J connectivity index is 3.06. The Labute approximate surface area is 102 Å². The lowest BCUT2D eigenvalue weighted by atomic mass is 9.95. The lowest BCUT2D eigenvalue weighted by Crippen LogP contribution is -2.13. The predicted molar refractivity (Wildman–Crippen MR) is 67.3 cm³/mol. The van der Waals surface area contributed by atoms with Crippen LogP contribution in [0.2, 0.25) is 0 Å². The van der Waals surface area contributed by atoms with E-state index < -0.39 is 0 Å². The van der Waals surface area contributed by atoms with Crippen molar-refractivity contribution in [1.82, 2.24) is 0 Å². The fraction of sp³-hybridized carbons (Fsp3) is 0.500. The van der Waals surface area contributed by atoms with Crippen molar-refractivity contribution >= 4 is 5.97 Å². The van der Waals surface area contributed by atoms with Gasteiger partial charge in [0.1, 0.15) is 5.75 Å². The predicted octanol–water partition coefficient (Wildman–Crippen LogP) is 2.93. The molecule has 0 aromatic heterocycles. The van der Waals surface area contributed by atoms with Crippen molar-refractivity contribution in [2.24, 2.45) is 0 Å². The number of rotatable bonds is 4. The number of aryl methyl sites for hydroxylation is 2. The van der Waals surface area contributed by atoms with Crippen LogP contribution < -0.4 is 0 Å². The molecular formula is C14H20O3. The van der Waals surface area contributed by atoms with Crippen LogP contribution in [0.3, 0.4) is 0 Å². The van der Waals surface area contributed by atoms with E-state index in [4.69, 9.17) is 4.74 Å². The summed E-state index contributed by atoms with van der Waals surface area (Å²) in [5.74, 6) is -0.188. The smallest absolute Gasteiger partial charge is 0.313 e. The molecule has 1 unspecified atom stereocenters. The fourth-order valence-corrected chi connectivity index (χ4v) is 1.81. The van der Waals surface area contributed by atoms with Crippen LogP contribution in [0.5, 0.6) is 5.75 Å². The van der Waals surface area contributed by atoms with Crippen LogP contribution in [0.15, 0.2) is 12.1 Å². The topological polar surface area (TPSA) is 46.5 Å². The lowest BCUT2D eigenvalue weighted by Gasteiger charge is -2.14. The summed E-state index contributed by atoms with van der Waals surface area (Å²) < 4.78 is 5.00. The first-order valence-electron chi connectivity index (χ1n) is 6.00. The summed E-state index contributed by atoms with van der Waals surface area (Å²) in [6.07, 6.45) is 0.746. The van der Waals surface area contributed by atoms with Crippen LogP contribution in [0.1, 0.15) is 43.4 Å². The summed E-state index contributed by atoms with van der Waals surface area (Å²) in [7, 11) is 0. The SMILES string of the molecule is CCOC(=O)C(C)c1cc(C)c(O)c(CC)c1. The molecule has 0 radical (unpaired) electrons. The highest BCUT2D eigenvalue weighted by Crippen LogP contribution is 2.28. The van der Waals surface area contributed by atoms with Crippen LogP contribution in [0.25, 0.3) is 0 Å². The summed E-state index contributed by atoms with van der Waals surface area (Å²) in [4.78, 5) is 11.7. The molecule has 0 aliphatic rings. The summed E-state index contributed by atoms with van der Waals surface area (Å²) in [5, 5.41) is 9.83. The van der Waals surface area contributed by atoms with Gasteiger partial charge in [-0.15, -0.1) is 0 Å². The quantitative estimate of drug-likeness (QED) is 0.817. The zero-order valence-corrected chi connectivity index (χ0v) is 10.9. The molecule has 94 valence electrons. The van der Waals surface area contributed by atoms with E-state index in [2.05, 4.69) is 0 Å². The third-order valence-electron chi connectivity index (χ3n) is 2.92. The Morgan fingerprint density at radius 2 is 2.06 bits per heavy atom. The van der Waals surface area contributed by atoms with E-state index in [0.717, 1.165) is 23.1 Å². The van der Waals surface area contributed by atoms with Gasteiger partial charge in [0, 0.05) is 0 Å². The first-order chi connectivity index (χ1) is 8.01. The van der Waals surface area contributed by atoms with E-state index in [0.29, 0.717) is 12.4 Å². The van der Waals surface area contributed by atoms with E-state index >= 15 is 0 Å². The zero-order valence-electron chi connectivity index (χ0n) is 10.9. The number of phenolic OH excluding ortho intramolecular Hbond substituents is 1. The lowest BCUT2D eigenvalue weighted by molar-refractivity contribution is -0.144. The Bertz CT molecular complexity index is 410. The fourth-order valence-electron chi connectivity index (χ4n) is 1.81. The van der Waals surface area contributed by atoms with Crippen molar-refractivity contribution < 1.29 is 14.6 Å². The van der Waals surface area contributed by atoms with Crippen molar-refractivity contribution in [1.29, 1.82) is 0 Å². The molecule has 0 saturated carbocycles. The first kappa shape index (κ1) is 13.6. The van der Waals surface area contributed by atoms with Gasteiger partial charge < -0.3 is 9.84 Å². The van der Waals surface area contributed by atoms with Crippen LogP contribution in [0, 0.1) is 6.92 Å². The average Bonchev–Trinajstić information content (AvgIpc) is 2.31. The highest BCUT2D eigenvalue weighted by molar-refractivity contribution is 5.78. The number of hydrogen-bond acceptors (Lipinski definition) is 3. The van der Waals surface area contributed by atoms with E-state index in [1.54, 1.807) is 6.92 Å². The van der Waals surface area contributed by atoms with E-state index in [1.807, 2.05) is 32.9 Å². The molecule has 0 heterocycles. The molecular weight excluding hydrogens is 216 g/mol. The second-order valence-corrected chi connectivity index (χ2v) is 4.17. The maximum absolute atomic E-state index is 11.7. The Kier molecular flexibility index (Phi) is 4.55. The van der Waals surface area contributed by atoms with Gasteiger partial charge in [0.05, 0.1) is 12.5 Å². The molecule has 0 aliphatic heterocycles. The highest BCUT2D eigenvalue weighted by atomic mass is 16.5. The molecule has 3 heteroatoms. The number of esters is 1. The van der Waals surface area contributed by atoms with Gasteiger partial charge in [0.2, 0.25) is 0 Å². The maximum atomic E-state index is 11.7. The monoisotopic (exact) mass is 236 g/mol. The number of phenols is 1. The average molecular weight is 236 g/mol. The molecule has 3 nitrogen and oxygen atoms in total. The molecule has 0 spiro atoms. The molecule has 17 heavy (non-hydrogen) atoms. The van der Waals surface area contributed by atoms with Gasteiger partial charge in [0.25, 0.3) is 0 Å². The van der Waals surface area contributed by atoms with Gasteiger partial charge in [-0.3, -0.25) is 4.79 Å². The summed E-state index contributed by atoms with van der Waals surface area (Å²) in [5.41, 5.74) is 2.57. The van der Waals surface area contributed by atoms with E-state index in [-0.39, 0.29) is 11.9 Å². The largest absolute Gasteiger partial charge is 0.507 e. The van der Waals surface area contributed by atoms with Crippen molar-refractivity contribution in [3.63, 3.8) is 0 Å². The van der Waals surface area contributed by atoms with Crippen LogP contribution in [-0.2, 0) is 16.0 Å². The molecule has 1 aromatic carbocycles. The number of benzene rings is 1. The summed E-state index contributed by atoms with van der Waals surface area (Å²) >= 11 is 0. The molecule has 0 fully saturated rings. The number of aromatic hydroxyl groups is 1. The molecule has 1 N–H and O–H groups in total. The van der Waals surface area contributed by atoms with Gasteiger partial charge in [-0.25, -0.2) is 0 Å². The van der Waals surface area contributed by atoms with Gasteiger partial charge in [-0.05, 0) is 43.9 Å². The van der Waals surface area contributed by atoms with Gasteiger partial charge >= 0.3 is 5.97 Å². The standard InChI is InChI=1S/C14H20O3/c1-5-11-8-12(7-9(3)13(11)15)10(4)14(16)17-6-2/h7-8,10,15H,5-6H2,1-4H3. The van der Waals surface area contributed by atoms with E-state index in [9.17, 15) is 9.90 Å². The number of carbonyl (C=O) groups is 1. The van der Waals surface area contributed by atoms with Crippen LogP contribution >= 0.6 is 0 Å². The van der Waals surface area contributed by atoms with Crippen molar-refractivity contribution in [3.8, 4) is 5.75 Å². The number of ether oxygens (including phenoxy) is 1. The minimum atomic E-state index is -0.292. The van der Waals surface area contributed by atoms with E-state index in [1.165, 1.54) is 0 Å². The van der Waals surface area contributed by atoms with Gasteiger partial charge in [-0.2, -0.15) is 0 Å². The normalized spacial score (nSPS) is 12.2. The highest BCUT2D eigenvalue weighted by Gasteiger charge is 2.18. The second-order valence-electron chi connectivity index (χ2n) is 4.17. The minimum Gasteiger partial charge on any atom is -0.507 e. The molecule has 0 bridgehead atoms. The molecule has 1 aromatic rings. The van der Waals surface area contributed by atoms with Crippen molar-refractivity contribution in [2.45, 2.75) is 40.0 Å². The third-order valence-corrected chi connectivity index (χ3v) is 2.92. The Morgan fingerprint density at radius 1 is 1.41 bits per heavy atom. The van der Waals surface area contributed by atoms with Crippen LogP contribution in [-0.4, -0.2) is 17.7 Å². The zero-order chi connectivity index (χ0) is 13.0. The molecule has 0 aliphatic carbocycles. The number of carbonyl (C=O) groups excluding carboxylic acids is 1. The number of hydrogen-bond donors (Lipinski definition) is 1. The second kappa shape index (κ2) is 5.71. The molecule has 0 saturated heterocycles. The van der Waals surface area contributed by atoms with Gasteiger partial charge in [-0.1, -0.05) is 19.1 Å². The van der Waals surface area contributed by atoms with Gasteiger partial charge in [0.15, 0.2) is 0 Å². The summed E-state index contributed by atoms with van der Waals surface area (Å²) in [6, 6.07) is 3.72. The van der Waals surface area contributed by atoms with Crippen molar-refractivity contribution in [3.05, 3.63) is 28.8 Å². The molecule has 1 atom stereocenters. The third kappa shape index (κ3) is 2.99. The van der Waals surface area contributed by atoms with Crippen LogP contribution in [0.4, 0.5) is 0 Å². The maximum Gasteiger partial charge on any atom is 0.313 e. The first-order valence-corrected chi connectivity index (χ1v) is 6.00.